The van der Waals surface area contributed by atoms with Gasteiger partial charge in [0, 0.05) is 13.5 Å². The number of esters is 11. The summed E-state index contributed by atoms with van der Waals surface area (Å²) in [6.07, 6.45) is 5.59. The standard InChI is InChI=1S/C13H22O5.2C13H22O4.C12H20O4.C11H18O4.C7H12O2.10CH4/c1-6-12(2,3)11(15)17-9-7-10(14)18-13(9,4)8-16-5;1-7-11(2,3)9(14)17-13(6)8-12(4,5)16-10(13)15;1-7-11(2,3)10(15)17-13(6)8-9(14)16-12(13,4)5;1-6-11(2,3)10(14)15-8-7-9(13)16-12(8,4)5;1-4-11(2,3)10(13)15-7-8-5-6-14-9(8)12;1-3-7(2)4-5-9-6(7)8;;;;;;;;;;/h9H,6-8H2,1-5H3;2*7-8H2,1-6H3;8H,6-7H2,1-5H3;8H,4-7H2,1-3H3;3-5H2,1-2H3;10*1H4. The van der Waals surface area contributed by atoms with E-state index in [9.17, 15) is 52.7 Å². The number of hydrogen-bond acceptors (Lipinski definition) is 23. The highest BCUT2D eigenvalue weighted by Gasteiger charge is 2.57. The van der Waals surface area contributed by atoms with Crippen LogP contribution in [0, 0.1) is 38.4 Å². The second kappa shape index (κ2) is 45.5. The predicted octanol–water partition coefficient (Wildman–Crippen LogP) is 17.9. The topological polar surface area (TPSA) is 299 Å². The Kier molecular flexibility index (Phi) is 52.3. The lowest BCUT2D eigenvalue weighted by Crippen LogP contribution is -2.49. The molecule has 6 heterocycles. The maximum Gasteiger partial charge on any atom is 0.351 e. The van der Waals surface area contributed by atoms with Crippen molar-refractivity contribution in [3.05, 3.63) is 0 Å². The van der Waals surface area contributed by atoms with Crippen molar-refractivity contribution in [2.24, 2.45) is 38.4 Å². The third-order valence-electron chi connectivity index (χ3n) is 18.9. The second-order valence-corrected chi connectivity index (χ2v) is 30.5. The van der Waals surface area contributed by atoms with Gasteiger partial charge >= 0.3 is 65.7 Å². The Morgan fingerprint density at radius 1 is 0.471 bits per heavy atom. The van der Waals surface area contributed by atoms with E-state index in [-0.39, 0.29) is 178 Å². The van der Waals surface area contributed by atoms with Crippen LogP contribution in [0.1, 0.15) is 331 Å². The molecule has 23 heteroatoms. The van der Waals surface area contributed by atoms with Crippen LogP contribution in [0.15, 0.2) is 0 Å². The Bertz CT molecular complexity index is 2610. The van der Waals surface area contributed by atoms with Gasteiger partial charge in [-0.25, -0.2) is 4.79 Å². The lowest BCUT2D eigenvalue weighted by molar-refractivity contribution is -0.184. The van der Waals surface area contributed by atoms with Crippen molar-refractivity contribution in [3.63, 3.8) is 0 Å². The summed E-state index contributed by atoms with van der Waals surface area (Å²) in [4.78, 5) is 127. The van der Waals surface area contributed by atoms with Gasteiger partial charge in [0.25, 0.3) is 0 Å². The molecule has 610 valence electrons. The van der Waals surface area contributed by atoms with E-state index in [1.54, 1.807) is 48.5 Å². The Morgan fingerprint density at radius 2 is 0.873 bits per heavy atom. The number of carbonyl (C=O) groups is 11. The fraction of sp³-hybridized carbons (Fsp3) is 0.861. The number of cyclic esters (lactones) is 6. The van der Waals surface area contributed by atoms with Gasteiger partial charge in [-0.2, -0.15) is 0 Å². The fourth-order valence-electron chi connectivity index (χ4n) is 8.74. The highest BCUT2D eigenvalue weighted by atomic mass is 16.6. The molecule has 7 atom stereocenters. The zero-order valence-corrected chi connectivity index (χ0v) is 60.9. The largest absolute Gasteiger partial charge is 0.465 e. The Morgan fingerprint density at radius 3 is 1.20 bits per heavy atom. The first-order valence-electron chi connectivity index (χ1n) is 32.4. The van der Waals surface area contributed by atoms with Crippen LogP contribution in [0.4, 0.5) is 0 Å². The van der Waals surface area contributed by atoms with E-state index in [1.165, 1.54) is 7.11 Å². The van der Waals surface area contributed by atoms with Crippen molar-refractivity contribution in [1.29, 1.82) is 0 Å². The average molecular weight is 1470 g/mol. The van der Waals surface area contributed by atoms with Gasteiger partial charge < -0.3 is 56.8 Å². The minimum absolute atomic E-state index is 0. The van der Waals surface area contributed by atoms with Crippen molar-refractivity contribution < 1.29 is 110 Å². The van der Waals surface area contributed by atoms with Crippen molar-refractivity contribution in [2.75, 3.05) is 33.5 Å². The van der Waals surface area contributed by atoms with Crippen LogP contribution >= 0.6 is 0 Å². The van der Waals surface area contributed by atoms with Gasteiger partial charge in [-0.05, 0) is 190 Å². The molecule has 6 fully saturated rings. The molecular formula is C79H156O23. The summed E-state index contributed by atoms with van der Waals surface area (Å²) in [7, 11) is 1.52. The first kappa shape index (κ1) is 117. The molecule has 102 heavy (non-hydrogen) atoms. The smallest absolute Gasteiger partial charge is 0.351 e. The van der Waals surface area contributed by atoms with Gasteiger partial charge in [-0.15, -0.1) is 0 Å². The molecule has 0 aromatic carbocycles. The van der Waals surface area contributed by atoms with Crippen LogP contribution < -0.4 is 0 Å². The highest BCUT2D eigenvalue weighted by Crippen LogP contribution is 2.42. The summed E-state index contributed by atoms with van der Waals surface area (Å²) in [5.41, 5.74) is -7.78. The van der Waals surface area contributed by atoms with Gasteiger partial charge in [0.1, 0.15) is 23.4 Å². The van der Waals surface area contributed by atoms with Crippen LogP contribution in [-0.2, 0) is 110 Å². The van der Waals surface area contributed by atoms with E-state index in [4.69, 9.17) is 56.8 Å². The van der Waals surface area contributed by atoms with Crippen molar-refractivity contribution in [1.82, 2.24) is 0 Å². The molecule has 23 nitrogen and oxygen atoms in total. The second-order valence-electron chi connectivity index (χ2n) is 30.5. The van der Waals surface area contributed by atoms with Gasteiger partial charge in [0.15, 0.2) is 23.4 Å². The summed E-state index contributed by atoms with van der Waals surface area (Å²) < 4.78 is 62.2. The van der Waals surface area contributed by atoms with Crippen molar-refractivity contribution >= 4 is 65.7 Å². The third-order valence-corrected chi connectivity index (χ3v) is 18.9. The molecule has 0 aromatic rings. The Labute approximate surface area is 621 Å². The maximum atomic E-state index is 12.1. The molecule has 0 saturated carbocycles. The number of carbonyl (C=O) groups excluding carboxylic acids is 11. The van der Waals surface area contributed by atoms with Gasteiger partial charge in [-0.3, -0.25) is 47.9 Å². The van der Waals surface area contributed by atoms with E-state index in [0.29, 0.717) is 51.7 Å². The van der Waals surface area contributed by atoms with E-state index >= 15 is 0 Å². The number of rotatable bonds is 19. The van der Waals surface area contributed by atoms with Crippen molar-refractivity contribution in [3.8, 4) is 0 Å². The normalized spacial score (nSPS) is 24.2. The van der Waals surface area contributed by atoms with E-state index in [2.05, 4.69) is 0 Å². The average Bonchev–Trinajstić information content (AvgIpc) is 1.61. The summed E-state index contributed by atoms with van der Waals surface area (Å²) in [5, 5.41) is 0. The lowest BCUT2D eigenvalue weighted by Gasteiger charge is -2.36. The molecule has 6 rings (SSSR count). The Hall–Kier alpha value is -5.87. The molecule has 0 bridgehead atoms. The van der Waals surface area contributed by atoms with Crippen LogP contribution in [0.3, 0.4) is 0 Å². The molecule has 0 N–H and O–H groups in total. The summed E-state index contributed by atoms with van der Waals surface area (Å²) in [6.45, 7) is 49.1. The summed E-state index contributed by atoms with van der Waals surface area (Å²) in [5.74, 6) is -3.44. The molecule has 6 aliphatic heterocycles. The van der Waals surface area contributed by atoms with Crippen LogP contribution in [0.2, 0.25) is 0 Å². The minimum atomic E-state index is -1.15. The zero-order chi connectivity index (χ0) is 71.9. The monoisotopic (exact) mass is 1470 g/mol. The van der Waals surface area contributed by atoms with Crippen LogP contribution in [0.5, 0.6) is 0 Å². The van der Waals surface area contributed by atoms with Crippen molar-refractivity contribution in [2.45, 2.75) is 377 Å². The minimum Gasteiger partial charge on any atom is -0.465 e. The molecule has 0 amide bonds. The van der Waals surface area contributed by atoms with E-state index in [1.807, 2.05) is 132 Å². The fourth-order valence-corrected chi connectivity index (χ4v) is 8.74. The molecule has 0 aromatic heterocycles. The molecular weight excluding hydrogens is 1320 g/mol. The summed E-state index contributed by atoms with van der Waals surface area (Å²) >= 11 is 0. The maximum absolute atomic E-state index is 12.1. The number of hydrogen-bond donors (Lipinski definition) is 0. The van der Waals surface area contributed by atoms with Gasteiger partial charge in [0.2, 0.25) is 5.60 Å². The molecule has 7 unspecified atom stereocenters. The van der Waals surface area contributed by atoms with Crippen LogP contribution in [-0.4, -0.2) is 145 Å². The lowest BCUT2D eigenvalue weighted by atomic mass is 9.85. The predicted molar refractivity (Wildman–Crippen MR) is 406 cm³/mol. The van der Waals surface area contributed by atoms with E-state index in [0.717, 1.165) is 19.3 Å². The molecule has 0 radical (unpaired) electrons. The third kappa shape index (κ3) is 32.6. The molecule has 6 saturated heterocycles. The van der Waals surface area contributed by atoms with E-state index < -0.39 is 78.9 Å². The number of methoxy groups -OCH3 is 1. The van der Waals surface area contributed by atoms with Gasteiger partial charge in [-0.1, -0.05) is 116 Å². The summed E-state index contributed by atoms with van der Waals surface area (Å²) in [6, 6.07) is 0. The number of ether oxygens (including phenoxy) is 12. The molecule has 0 spiro atoms. The van der Waals surface area contributed by atoms with Crippen LogP contribution in [0.25, 0.3) is 0 Å². The SMILES string of the molecule is C.C.C.C.C.C.C.C.C.C.CCC(C)(C)C(=O)OC1(C)CC(=O)OC1(C)C.CCC(C)(C)C(=O)OC1(C)CC(C)(C)OC1=O.CCC(C)(C)C(=O)OC1CC(=O)OC1(C)C.CCC(C)(C)C(=O)OC1CC(=O)OC1(C)COC.CCC(C)(C)C(=O)OCC1CCOC1=O.CCC1(C)CCOC1=O. The quantitative estimate of drug-likeness (QED) is 0.0857. The van der Waals surface area contributed by atoms with Gasteiger partial charge in [0.05, 0.1) is 77.5 Å². The first-order valence-corrected chi connectivity index (χ1v) is 32.4. The first-order chi connectivity index (χ1) is 41.7. The highest BCUT2D eigenvalue weighted by molar-refractivity contribution is 5.87. The molecule has 0 aliphatic carbocycles. The zero-order valence-electron chi connectivity index (χ0n) is 60.9. The molecule has 6 aliphatic rings. The Balaban J connectivity index is -0.000000123.